The maximum atomic E-state index is 11.5. The number of alkyl carbamates (subject to hydrolysis) is 1. The minimum absolute atomic E-state index is 0.289. The quantitative estimate of drug-likeness (QED) is 0.778. The maximum Gasteiger partial charge on any atom is 0.408 e. The lowest BCUT2D eigenvalue weighted by atomic mass is 9.96. The molecule has 0 spiro atoms. The summed E-state index contributed by atoms with van der Waals surface area (Å²) in [7, 11) is 0. The first-order valence-electron chi connectivity index (χ1n) is 7.23. The van der Waals surface area contributed by atoms with Crippen LogP contribution in [0.4, 0.5) is 4.79 Å². The Morgan fingerprint density at radius 1 is 1.43 bits per heavy atom. The number of benzene rings is 1. The standard InChI is InChI=1S/C17H22N2O2/c1-17(2,3)21-16(20)19-10-5-8-13-6-4-7-14-12-18-11-9-15(13)14/h4,6-7,18H,9-12H2,1-3H3,(H,19,20). The van der Waals surface area contributed by atoms with Gasteiger partial charge in [0.05, 0.1) is 6.54 Å². The van der Waals surface area contributed by atoms with Gasteiger partial charge in [-0.05, 0) is 50.9 Å². The van der Waals surface area contributed by atoms with Crippen molar-refractivity contribution in [3.05, 3.63) is 34.9 Å². The number of nitrogens with one attached hydrogen (secondary N) is 2. The Bertz CT molecular complexity index is 577. The summed E-state index contributed by atoms with van der Waals surface area (Å²) in [6.07, 6.45) is 0.566. The third-order valence-corrected chi connectivity index (χ3v) is 3.08. The molecule has 0 bridgehead atoms. The fraction of sp³-hybridized carbons (Fsp3) is 0.471. The normalized spacial score (nSPS) is 13.7. The second kappa shape index (κ2) is 6.64. The fourth-order valence-electron chi connectivity index (χ4n) is 2.22. The Morgan fingerprint density at radius 3 is 3.00 bits per heavy atom. The predicted octanol–water partition coefficient (Wildman–Crippen LogP) is 2.21. The zero-order valence-electron chi connectivity index (χ0n) is 12.9. The van der Waals surface area contributed by atoms with Crippen LogP contribution in [-0.2, 0) is 17.7 Å². The van der Waals surface area contributed by atoms with Gasteiger partial charge < -0.3 is 15.4 Å². The minimum atomic E-state index is -0.483. The molecular formula is C17H22N2O2. The van der Waals surface area contributed by atoms with Crippen LogP contribution in [0.5, 0.6) is 0 Å². The molecule has 0 unspecified atom stereocenters. The minimum Gasteiger partial charge on any atom is -0.444 e. The van der Waals surface area contributed by atoms with Gasteiger partial charge in [-0.25, -0.2) is 4.79 Å². The summed E-state index contributed by atoms with van der Waals surface area (Å²) < 4.78 is 5.15. The Labute approximate surface area is 126 Å². The van der Waals surface area contributed by atoms with Crippen molar-refractivity contribution in [2.75, 3.05) is 13.1 Å². The third kappa shape index (κ3) is 4.80. The first kappa shape index (κ1) is 15.4. The van der Waals surface area contributed by atoms with Crippen LogP contribution in [0.3, 0.4) is 0 Å². The van der Waals surface area contributed by atoms with E-state index in [0.717, 1.165) is 25.1 Å². The van der Waals surface area contributed by atoms with Crippen LogP contribution in [0.1, 0.15) is 37.5 Å². The number of amides is 1. The van der Waals surface area contributed by atoms with Crippen LogP contribution in [0, 0.1) is 11.8 Å². The van der Waals surface area contributed by atoms with Crippen molar-refractivity contribution in [3.8, 4) is 11.8 Å². The van der Waals surface area contributed by atoms with Gasteiger partial charge in [-0.15, -0.1) is 0 Å². The smallest absolute Gasteiger partial charge is 0.408 e. The number of rotatable bonds is 1. The van der Waals surface area contributed by atoms with Crippen molar-refractivity contribution >= 4 is 6.09 Å². The van der Waals surface area contributed by atoms with Crippen molar-refractivity contribution in [1.29, 1.82) is 0 Å². The Morgan fingerprint density at radius 2 is 2.24 bits per heavy atom. The molecule has 112 valence electrons. The van der Waals surface area contributed by atoms with Crippen LogP contribution in [0.25, 0.3) is 0 Å². The molecule has 0 aliphatic carbocycles. The molecule has 0 radical (unpaired) electrons. The summed E-state index contributed by atoms with van der Waals surface area (Å²) >= 11 is 0. The number of hydrogen-bond acceptors (Lipinski definition) is 3. The molecule has 2 rings (SSSR count). The van der Waals surface area contributed by atoms with E-state index in [9.17, 15) is 4.79 Å². The van der Waals surface area contributed by atoms with Crippen LogP contribution in [0.15, 0.2) is 18.2 Å². The average molecular weight is 286 g/mol. The van der Waals surface area contributed by atoms with E-state index in [1.165, 1.54) is 11.1 Å². The van der Waals surface area contributed by atoms with E-state index in [4.69, 9.17) is 4.74 Å². The van der Waals surface area contributed by atoms with Gasteiger partial charge in [0.1, 0.15) is 5.60 Å². The summed E-state index contributed by atoms with van der Waals surface area (Å²) in [5, 5.41) is 5.99. The highest BCUT2D eigenvalue weighted by atomic mass is 16.6. The van der Waals surface area contributed by atoms with E-state index in [1.54, 1.807) is 0 Å². The average Bonchev–Trinajstić information content (AvgIpc) is 2.42. The van der Waals surface area contributed by atoms with Crippen molar-refractivity contribution in [2.24, 2.45) is 0 Å². The molecular weight excluding hydrogens is 264 g/mol. The van der Waals surface area contributed by atoms with E-state index in [1.807, 2.05) is 32.9 Å². The Hall–Kier alpha value is -1.99. The molecule has 0 aromatic heterocycles. The molecule has 0 saturated carbocycles. The second-order valence-electron chi connectivity index (χ2n) is 6.03. The number of fused-ring (bicyclic) bond motifs is 1. The molecule has 1 amide bonds. The van der Waals surface area contributed by atoms with Crippen molar-refractivity contribution in [2.45, 2.75) is 39.3 Å². The lowest BCUT2D eigenvalue weighted by Gasteiger charge is -2.19. The van der Waals surface area contributed by atoms with Crippen LogP contribution in [0.2, 0.25) is 0 Å². The summed E-state index contributed by atoms with van der Waals surface area (Å²) in [5.41, 5.74) is 3.21. The molecule has 21 heavy (non-hydrogen) atoms. The zero-order valence-corrected chi connectivity index (χ0v) is 12.9. The van der Waals surface area contributed by atoms with Gasteiger partial charge in [-0.2, -0.15) is 0 Å². The van der Waals surface area contributed by atoms with Crippen molar-refractivity contribution in [3.63, 3.8) is 0 Å². The lowest BCUT2D eigenvalue weighted by molar-refractivity contribution is 0.0535. The van der Waals surface area contributed by atoms with Gasteiger partial charge in [-0.3, -0.25) is 0 Å². The number of hydrogen-bond donors (Lipinski definition) is 2. The molecule has 2 N–H and O–H groups in total. The van der Waals surface area contributed by atoms with Gasteiger partial charge >= 0.3 is 6.09 Å². The molecule has 1 aliphatic rings. The lowest BCUT2D eigenvalue weighted by Crippen LogP contribution is -2.32. The first-order chi connectivity index (χ1) is 9.96. The molecule has 1 aliphatic heterocycles. The molecule has 4 nitrogen and oxygen atoms in total. The largest absolute Gasteiger partial charge is 0.444 e. The molecule has 1 heterocycles. The maximum absolute atomic E-state index is 11.5. The van der Waals surface area contributed by atoms with E-state index in [-0.39, 0.29) is 6.54 Å². The molecule has 1 aromatic rings. The van der Waals surface area contributed by atoms with E-state index < -0.39 is 11.7 Å². The van der Waals surface area contributed by atoms with Gasteiger partial charge in [0.2, 0.25) is 0 Å². The molecule has 0 atom stereocenters. The summed E-state index contributed by atoms with van der Waals surface area (Å²) in [4.78, 5) is 11.5. The third-order valence-electron chi connectivity index (χ3n) is 3.08. The van der Waals surface area contributed by atoms with Gasteiger partial charge in [0.15, 0.2) is 0 Å². The number of carbonyl (C=O) groups excluding carboxylic acids is 1. The summed E-state index contributed by atoms with van der Waals surface area (Å²) in [6, 6.07) is 6.19. The number of ether oxygens (including phenoxy) is 1. The van der Waals surface area contributed by atoms with Gasteiger partial charge in [-0.1, -0.05) is 24.0 Å². The number of carbonyl (C=O) groups is 1. The Kier molecular flexibility index (Phi) is 4.87. The second-order valence-corrected chi connectivity index (χ2v) is 6.03. The topological polar surface area (TPSA) is 50.4 Å². The molecule has 0 saturated heterocycles. The predicted molar refractivity (Wildman–Crippen MR) is 83.0 cm³/mol. The highest BCUT2D eigenvalue weighted by molar-refractivity contribution is 5.68. The van der Waals surface area contributed by atoms with Gasteiger partial charge in [0.25, 0.3) is 0 Å². The van der Waals surface area contributed by atoms with Crippen LogP contribution in [-0.4, -0.2) is 24.8 Å². The zero-order chi connectivity index (χ0) is 15.3. The SMILES string of the molecule is CC(C)(C)OC(=O)NCC#Cc1cccc2c1CCNC2. The van der Waals surface area contributed by atoms with Gasteiger partial charge in [0, 0.05) is 12.1 Å². The molecule has 1 aromatic carbocycles. The summed E-state index contributed by atoms with van der Waals surface area (Å²) in [5.74, 6) is 6.13. The van der Waals surface area contributed by atoms with E-state index in [0.29, 0.717) is 0 Å². The monoisotopic (exact) mass is 286 g/mol. The summed E-state index contributed by atoms with van der Waals surface area (Å²) in [6.45, 7) is 7.69. The van der Waals surface area contributed by atoms with Crippen LogP contribution < -0.4 is 10.6 Å². The Balaban J connectivity index is 1.93. The van der Waals surface area contributed by atoms with Crippen LogP contribution >= 0.6 is 0 Å². The van der Waals surface area contributed by atoms with Crippen molar-refractivity contribution in [1.82, 2.24) is 10.6 Å². The highest BCUT2D eigenvalue weighted by Gasteiger charge is 2.15. The van der Waals surface area contributed by atoms with E-state index >= 15 is 0 Å². The van der Waals surface area contributed by atoms with E-state index in [2.05, 4.69) is 28.5 Å². The van der Waals surface area contributed by atoms with Crippen molar-refractivity contribution < 1.29 is 9.53 Å². The molecule has 4 heteroatoms. The molecule has 0 fully saturated rings. The first-order valence-corrected chi connectivity index (χ1v) is 7.23. The highest BCUT2D eigenvalue weighted by Crippen LogP contribution is 2.17. The fourth-order valence-corrected chi connectivity index (χ4v) is 2.22.